The Kier molecular flexibility index (Phi) is 5.35. The molecule has 0 aliphatic heterocycles. The van der Waals surface area contributed by atoms with Crippen LogP contribution in [0.5, 0.6) is 0 Å². The summed E-state index contributed by atoms with van der Waals surface area (Å²) in [7, 11) is 1.66. The third-order valence-electron chi connectivity index (χ3n) is 2.31. The van der Waals surface area contributed by atoms with Gasteiger partial charge in [-0.05, 0) is 23.8 Å². The zero-order chi connectivity index (χ0) is 14.3. The van der Waals surface area contributed by atoms with Gasteiger partial charge in [-0.25, -0.2) is 9.59 Å². The van der Waals surface area contributed by atoms with Gasteiger partial charge >= 0.3 is 12.0 Å². The lowest BCUT2D eigenvalue weighted by Crippen LogP contribution is -2.31. The Morgan fingerprint density at radius 3 is 2.84 bits per heavy atom. The fraction of sp³-hybridized carbons (Fsp3) is 0.143. The van der Waals surface area contributed by atoms with Gasteiger partial charge in [0.15, 0.2) is 0 Å². The number of amides is 2. The van der Waals surface area contributed by atoms with E-state index in [9.17, 15) is 9.59 Å². The van der Waals surface area contributed by atoms with Gasteiger partial charge in [0, 0.05) is 25.4 Å². The van der Waals surface area contributed by atoms with E-state index in [1.807, 2.05) is 0 Å². The molecular weight excluding hydrogens is 244 g/mol. The first-order chi connectivity index (χ1) is 9.02. The van der Waals surface area contributed by atoms with E-state index in [0.29, 0.717) is 17.8 Å². The molecule has 0 bridgehead atoms. The van der Waals surface area contributed by atoms with Crippen LogP contribution in [0.4, 0.5) is 10.5 Å². The number of hydrogen-bond donors (Lipinski definition) is 2. The highest BCUT2D eigenvalue weighted by Crippen LogP contribution is 2.12. The summed E-state index contributed by atoms with van der Waals surface area (Å²) >= 11 is 0. The van der Waals surface area contributed by atoms with Crippen molar-refractivity contribution in [1.82, 2.24) is 4.90 Å². The molecule has 1 aromatic carbocycles. The Morgan fingerprint density at radius 2 is 2.21 bits per heavy atom. The van der Waals surface area contributed by atoms with Crippen molar-refractivity contribution in [2.75, 3.05) is 18.9 Å². The summed E-state index contributed by atoms with van der Waals surface area (Å²) < 4.78 is 0. The molecule has 5 nitrogen and oxygen atoms in total. The van der Waals surface area contributed by atoms with Crippen molar-refractivity contribution < 1.29 is 14.7 Å². The number of urea groups is 1. The first-order valence-electron chi connectivity index (χ1n) is 5.67. The summed E-state index contributed by atoms with van der Waals surface area (Å²) in [5, 5.41) is 11.3. The Bertz CT molecular complexity index is 509. The van der Waals surface area contributed by atoms with Crippen LogP contribution in [-0.2, 0) is 4.79 Å². The molecule has 1 aromatic rings. The van der Waals surface area contributed by atoms with Crippen molar-refractivity contribution in [2.45, 2.75) is 0 Å². The third-order valence-corrected chi connectivity index (χ3v) is 2.31. The largest absolute Gasteiger partial charge is 0.478 e. The normalized spacial score (nSPS) is 10.2. The number of hydrogen-bond acceptors (Lipinski definition) is 2. The van der Waals surface area contributed by atoms with E-state index in [0.717, 1.165) is 6.08 Å². The van der Waals surface area contributed by atoms with Crippen LogP contribution in [0.15, 0.2) is 43.0 Å². The summed E-state index contributed by atoms with van der Waals surface area (Å²) in [5.41, 5.74) is 1.31. The van der Waals surface area contributed by atoms with E-state index >= 15 is 0 Å². The average Bonchev–Trinajstić information content (AvgIpc) is 2.37. The second-order valence-corrected chi connectivity index (χ2v) is 3.90. The summed E-state index contributed by atoms with van der Waals surface area (Å²) in [6.45, 7) is 4.01. The van der Waals surface area contributed by atoms with Gasteiger partial charge in [-0.15, -0.1) is 6.58 Å². The second kappa shape index (κ2) is 7.00. The molecule has 0 saturated carbocycles. The fourth-order valence-corrected chi connectivity index (χ4v) is 1.38. The maximum absolute atomic E-state index is 11.7. The number of nitrogens with zero attached hydrogens (tertiary/aromatic N) is 1. The van der Waals surface area contributed by atoms with Gasteiger partial charge in [-0.3, -0.25) is 0 Å². The number of likely N-dealkylation sites (N-methyl/N-ethyl adjacent to an activating group) is 1. The summed E-state index contributed by atoms with van der Waals surface area (Å²) in [4.78, 5) is 23.6. The molecular formula is C14H16N2O3. The minimum atomic E-state index is -1.01. The second-order valence-electron chi connectivity index (χ2n) is 3.90. The Morgan fingerprint density at radius 1 is 1.47 bits per heavy atom. The molecule has 0 radical (unpaired) electrons. The summed E-state index contributed by atoms with van der Waals surface area (Å²) in [5.74, 6) is -1.01. The van der Waals surface area contributed by atoms with Crippen molar-refractivity contribution >= 4 is 23.8 Å². The van der Waals surface area contributed by atoms with Crippen molar-refractivity contribution in [2.24, 2.45) is 0 Å². The summed E-state index contributed by atoms with van der Waals surface area (Å²) in [6.07, 6.45) is 4.14. The first kappa shape index (κ1) is 14.5. The molecule has 0 saturated heterocycles. The van der Waals surface area contributed by atoms with E-state index in [1.165, 1.54) is 11.0 Å². The number of carboxylic acid groups (broad SMARTS) is 1. The molecule has 100 valence electrons. The highest BCUT2D eigenvalue weighted by atomic mass is 16.4. The van der Waals surface area contributed by atoms with Crippen LogP contribution < -0.4 is 5.32 Å². The molecule has 0 aliphatic rings. The maximum atomic E-state index is 11.7. The molecule has 19 heavy (non-hydrogen) atoms. The predicted octanol–water partition coefficient (Wildman–Crippen LogP) is 2.43. The molecule has 5 heteroatoms. The van der Waals surface area contributed by atoms with Gasteiger partial charge in [0.05, 0.1) is 0 Å². The quantitative estimate of drug-likeness (QED) is 0.631. The molecule has 2 N–H and O–H groups in total. The number of carbonyl (C=O) groups is 2. The van der Waals surface area contributed by atoms with Gasteiger partial charge in [-0.1, -0.05) is 18.2 Å². The molecule has 0 atom stereocenters. The van der Waals surface area contributed by atoms with E-state index < -0.39 is 5.97 Å². The van der Waals surface area contributed by atoms with Crippen LogP contribution in [0.2, 0.25) is 0 Å². The van der Waals surface area contributed by atoms with Crippen LogP contribution in [0.1, 0.15) is 5.56 Å². The monoisotopic (exact) mass is 260 g/mol. The number of nitrogens with one attached hydrogen (secondary N) is 1. The minimum Gasteiger partial charge on any atom is -0.478 e. The predicted molar refractivity (Wildman–Crippen MR) is 75.0 cm³/mol. The van der Waals surface area contributed by atoms with Gasteiger partial charge in [0.25, 0.3) is 0 Å². The molecule has 0 spiro atoms. The standard InChI is InChI=1S/C14H16N2O3/c1-3-9-16(2)14(19)15-12-6-4-5-11(10-12)7-8-13(17)18/h3-8,10H,1,9H2,2H3,(H,15,19)(H,17,18)/b8-7+. The molecule has 0 fully saturated rings. The van der Waals surface area contributed by atoms with Gasteiger partial charge < -0.3 is 15.3 Å². The summed E-state index contributed by atoms with van der Waals surface area (Å²) in [6, 6.07) is 6.67. The molecule has 0 aliphatic carbocycles. The van der Waals surface area contributed by atoms with Gasteiger partial charge in [-0.2, -0.15) is 0 Å². The van der Waals surface area contributed by atoms with E-state index in [2.05, 4.69) is 11.9 Å². The Hall–Kier alpha value is -2.56. The fourth-order valence-electron chi connectivity index (χ4n) is 1.38. The third kappa shape index (κ3) is 5.08. The number of benzene rings is 1. The van der Waals surface area contributed by atoms with Gasteiger partial charge in [0.1, 0.15) is 0 Å². The van der Waals surface area contributed by atoms with Crippen LogP contribution >= 0.6 is 0 Å². The zero-order valence-corrected chi connectivity index (χ0v) is 10.7. The number of carboxylic acids is 1. The zero-order valence-electron chi connectivity index (χ0n) is 10.7. The highest BCUT2D eigenvalue weighted by Gasteiger charge is 2.06. The smallest absolute Gasteiger partial charge is 0.328 e. The number of aliphatic carboxylic acids is 1. The van der Waals surface area contributed by atoms with E-state index in [1.54, 1.807) is 37.4 Å². The average molecular weight is 260 g/mol. The van der Waals surface area contributed by atoms with Crippen molar-refractivity contribution in [3.8, 4) is 0 Å². The van der Waals surface area contributed by atoms with E-state index in [-0.39, 0.29) is 6.03 Å². The Labute approximate surface area is 111 Å². The lowest BCUT2D eigenvalue weighted by atomic mass is 10.2. The number of anilines is 1. The van der Waals surface area contributed by atoms with Crippen LogP contribution in [0.25, 0.3) is 6.08 Å². The Balaban J connectivity index is 2.74. The lowest BCUT2D eigenvalue weighted by Gasteiger charge is -2.15. The van der Waals surface area contributed by atoms with Crippen molar-refractivity contribution in [1.29, 1.82) is 0 Å². The van der Waals surface area contributed by atoms with Gasteiger partial charge in [0.2, 0.25) is 0 Å². The van der Waals surface area contributed by atoms with E-state index in [4.69, 9.17) is 5.11 Å². The van der Waals surface area contributed by atoms with Crippen LogP contribution in [0.3, 0.4) is 0 Å². The lowest BCUT2D eigenvalue weighted by molar-refractivity contribution is -0.131. The highest BCUT2D eigenvalue weighted by molar-refractivity contribution is 5.90. The number of carbonyl (C=O) groups excluding carboxylic acids is 1. The molecule has 1 rings (SSSR count). The topological polar surface area (TPSA) is 69.6 Å². The van der Waals surface area contributed by atoms with Crippen molar-refractivity contribution in [3.05, 3.63) is 48.6 Å². The van der Waals surface area contributed by atoms with Crippen molar-refractivity contribution in [3.63, 3.8) is 0 Å². The molecule has 0 aromatic heterocycles. The molecule has 0 unspecified atom stereocenters. The molecule has 2 amide bonds. The SMILES string of the molecule is C=CCN(C)C(=O)Nc1cccc(/C=C/C(=O)O)c1. The number of rotatable bonds is 5. The molecule has 0 heterocycles. The maximum Gasteiger partial charge on any atom is 0.328 e. The minimum absolute atomic E-state index is 0.251. The first-order valence-corrected chi connectivity index (χ1v) is 5.67. The van der Waals surface area contributed by atoms with Crippen LogP contribution in [0, 0.1) is 0 Å². The van der Waals surface area contributed by atoms with Crippen LogP contribution in [-0.4, -0.2) is 35.6 Å².